The molecule has 0 spiro atoms. The third kappa shape index (κ3) is 6.87. The molecule has 0 heterocycles. The molecule has 4 rings (SSSR count). The SMILES string of the molecule is NC(=O)c1ccc(C(O)C(Cc2cccc(OC(F)(F)C(F)F)c2)NC(=O)c2cccc3c2C=CCCC3)cc1. The van der Waals surface area contributed by atoms with Gasteiger partial charge < -0.3 is 20.9 Å². The Hall–Kier alpha value is -4.18. The lowest BCUT2D eigenvalue weighted by Gasteiger charge is -2.26. The monoisotopic (exact) mass is 556 g/mol. The summed E-state index contributed by atoms with van der Waals surface area (Å²) in [7, 11) is 0. The molecule has 0 saturated carbocycles. The molecule has 0 bridgehead atoms. The maximum Gasteiger partial charge on any atom is 0.461 e. The fraction of sp³-hybridized carbons (Fsp3) is 0.267. The summed E-state index contributed by atoms with van der Waals surface area (Å²) in [6, 6.07) is 15.4. The number of carbonyl (C=O) groups is 2. The molecule has 2 atom stereocenters. The van der Waals surface area contributed by atoms with Crippen LogP contribution in [0, 0.1) is 0 Å². The van der Waals surface area contributed by atoms with Gasteiger partial charge in [-0.15, -0.1) is 0 Å². The summed E-state index contributed by atoms with van der Waals surface area (Å²) in [4.78, 5) is 25.0. The van der Waals surface area contributed by atoms with Crippen LogP contribution in [0.15, 0.2) is 72.8 Å². The van der Waals surface area contributed by atoms with E-state index < -0.39 is 42.2 Å². The molecular formula is C30H28F4N2O4. The number of amides is 2. The quantitative estimate of drug-likeness (QED) is 0.289. The van der Waals surface area contributed by atoms with Gasteiger partial charge in [0.05, 0.1) is 12.1 Å². The number of benzene rings is 3. The molecule has 6 nitrogen and oxygen atoms in total. The van der Waals surface area contributed by atoms with Crippen LogP contribution in [-0.4, -0.2) is 35.5 Å². The normalized spacial score (nSPS) is 14.7. The number of hydrogen-bond donors (Lipinski definition) is 3. The standard InChI is InChI=1S/C30H28F4N2O4/c31-29(32)30(33,34)40-22-9-4-6-18(16-22)17-25(26(37)20-12-14-21(15-13-20)27(35)38)36-28(39)24-11-5-8-19-7-2-1-3-10-23(19)24/h3-6,8-16,25-26,29,37H,1-2,7,17H2,(H2,35,38)(H,36,39). The van der Waals surface area contributed by atoms with Crippen LogP contribution in [0.3, 0.4) is 0 Å². The van der Waals surface area contributed by atoms with Gasteiger partial charge in [-0.3, -0.25) is 9.59 Å². The Bertz CT molecular complexity index is 1390. The molecule has 1 aliphatic carbocycles. The second kappa shape index (κ2) is 12.3. The molecule has 2 unspecified atom stereocenters. The minimum atomic E-state index is -4.69. The van der Waals surface area contributed by atoms with Gasteiger partial charge in [0.2, 0.25) is 5.91 Å². The number of aryl methyl sites for hydroxylation is 1. The molecule has 10 heteroatoms. The molecular weight excluding hydrogens is 528 g/mol. The minimum Gasteiger partial charge on any atom is -0.428 e. The van der Waals surface area contributed by atoms with Crippen LogP contribution in [0.2, 0.25) is 0 Å². The van der Waals surface area contributed by atoms with Gasteiger partial charge in [0.15, 0.2) is 0 Å². The summed E-state index contributed by atoms with van der Waals surface area (Å²) < 4.78 is 56.5. The smallest absolute Gasteiger partial charge is 0.428 e. The van der Waals surface area contributed by atoms with Crippen molar-refractivity contribution in [3.8, 4) is 5.75 Å². The zero-order valence-electron chi connectivity index (χ0n) is 21.3. The van der Waals surface area contributed by atoms with E-state index in [0.29, 0.717) is 16.7 Å². The topological polar surface area (TPSA) is 102 Å². The van der Waals surface area contributed by atoms with E-state index in [1.165, 1.54) is 36.4 Å². The molecule has 3 aromatic rings. The van der Waals surface area contributed by atoms with Crippen LogP contribution in [0.5, 0.6) is 5.75 Å². The van der Waals surface area contributed by atoms with Crippen LogP contribution in [0.1, 0.15) is 61.9 Å². The van der Waals surface area contributed by atoms with E-state index in [9.17, 15) is 32.3 Å². The van der Waals surface area contributed by atoms with Gasteiger partial charge in [-0.1, -0.05) is 48.6 Å². The molecule has 3 aromatic carbocycles. The van der Waals surface area contributed by atoms with E-state index in [1.54, 1.807) is 12.1 Å². The number of primary amides is 1. The predicted molar refractivity (Wildman–Crippen MR) is 141 cm³/mol. The van der Waals surface area contributed by atoms with Crippen LogP contribution >= 0.6 is 0 Å². The Morgan fingerprint density at radius 1 is 1.05 bits per heavy atom. The van der Waals surface area contributed by atoms with Gasteiger partial charge >= 0.3 is 12.5 Å². The van der Waals surface area contributed by atoms with Gasteiger partial charge in [-0.2, -0.15) is 17.6 Å². The van der Waals surface area contributed by atoms with Gasteiger partial charge in [-0.05, 0) is 78.3 Å². The van der Waals surface area contributed by atoms with Crippen molar-refractivity contribution in [3.05, 3.63) is 106 Å². The summed E-state index contributed by atoms with van der Waals surface area (Å²) in [6.07, 6.45) is -3.55. The molecule has 0 aliphatic heterocycles. The van der Waals surface area contributed by atoms with Crippen molar-refractivity contribution in [2.24, 2.45) is 5.73 Å². The molecule has 0 saturated heterocycles. The Labute approximate surface area is 228 Å². The van der Waals surface area contributed by atoms with E-state index in [0.717, 1.165) is 42.5 Å². The molecule has 0 aromatic heterocycles. The summed E-state index contributed by atoms with van der Waals surface area (Å²) in [6.45, 7) is 0. The van der Waals surface area contributed by atoms with Gasteiger partial charge in [0.1, 0.15) is 5.75 Å². The number of nitrogens with one attached hydrogen (secondary N) is 1. The number of allylic oxidation sites excluding steroid dienone is 1. The number of fused-ring (bicyclic) bond motifs is 1. The van der Waals surface area contributed by atoms with Gasteiger partial charge in [0, 0.05) is 11.1 Å². The van der Waals surface area contributed by atoms with E-state index in [4.69, 9.17) is 5.73 Å². The minimum absolute atomic E-state index is 0.0627. The van der Waals surface area contributed by atoms with E-state index in [2.05, 4.69) is 10.1 Å². The maximum atomic E-state index is 13.5. The largest absolute Gasteiger partial charge is 0.461 e. The van der Waals surface area contributed by atoms with Crippen molar-refractivity contribution in [1.29, 1.82) is 0 Å². The maximum absolute atomic E-state index is 13.5. The van der Waals surface area contributed by atoms with Crippen LogP contribution in [0.25, 0.3) is 6.08 Å². The predicted octanol–water partition coefficient (Wildman–Crippen LogP) is 5.45. The number of halogens is 4. The Morgan fingerprint density at radius 3 is 2.48 bits per heavy atom. The van der Waals surface area contributed by atoms with Crippen molar-refractivity contribution >= 4 is 17.9 Å². The molecule has 2 amide bonds. The average Bonchev–Trinajstić information content (AvgIpc) is 3.18. The lowest BCUT2D eigenvalue weighted by Crippen LogP contribution is -2.41. The third-order valence-corrected chi connectivity index (χ3v) is 6.64. The Kier molecular flexibility index (Phi) is 8.89. The summed E-state index contributed by atoms with van der Waals surface area (Å²) in [5.41, 5.74) is 8.43. The average molecular weight is 557 g/mol. The van der Waals surface area contributed by atoms with Crippen molar-refractivity contribution in [3.63, 3.8) is 0 Å². The van der Waals surface area contributed by atoms with E-state index >= 15 is 0 Å². The fourth-order valence-corrected chi connectivity index (χ4v) is 4.59. The first kappa shape index (κ1) is 28.8. The fourth-order valence-electron chi connectivity index (χ4n) is 4.59. The van der Waals surface area contributed by atoms with E-state index in [1.807, 2.05) is 18.2 Å². The first-order valence-electron chi connectivity index (χ1n) is 12.7. The lowest BCUT2D eigenvalue weighted by atomic mass is 9.94. The highest BCUT2D eigenvalue weighted by atomic mass is 19.3. The molecule has 1 aliphatic rings. The number of rotatable bonds is 10. The highest BCUT2D eigenvalue weighted by Gasteiger charge is 2.44. The second-order valence-corrected chi connectivity index (χ2v) is 9.50. The number of nitrogens with two attached hydrogens (primary N) is 1. The van der Waals surface area contributed by atoms with E-state index in [-0.39, 0.29) is 12.0 Å². The summed E-state index contributed by atoms with van der Waals surface area (Å²) >= 11 is 0. The molecule has 40 heavy (non-hydrogen) atoms. The molecule has 4 N–H and O–H groups in total. The second-order valence-electron chi connectivity index (χ2n) is 9.50. The van der Waals surface area contributed by atoms with Crippen LogP contribution < -0.4 is 15.8 Å². The van der Waals surface area contributed by atoms with Gasteiger partial charge in [0.25, 0.3) is 5.91 Å². The highest BCUT2D eigenvalue weighted by molar-refractivity contribution is 5.98. The number of aliphatic hydroxyl groups is 1. The third-order valence-electron chi connectivity index (χ3n) is 6.64. The van der Waals surface area contributed by atoms with Crippen molar-refractivity contribution in [2.45, 2.75) is 50.4 Å². The van der Waals surface area contributed by atoms with Crippen molar-refractivity contribution in [1.82, 2.24) is 5.32 Å². The molecule has 210 valence electrons. The number of carbonyl (C=O) groups excluding carboxylic acids is 2. The highest BCUT2D eigenvalue weighted by Crippen LogP contribution is 2.29. The Morgan fingerprint density at radius 2 is 1.77 bits per heavy atom. The first-order valence-corrected chi connectivity index (χ1v) is 12.7. The first-order chi connectivity index (χ1) is 19.0. The molecule has 0 fully saturated rings. The zero-order valence-corrected chi connectivity index (χ0v) is 21.3. The summed E-state index contributed by atoms with van der Waals surface area (Å²) in [5.74, 6) is -1.61. The van der Waals surface area contributed by atoms with Crippen molar-refractivity contribution < 1.29 is 37.0 Å². The lowest BCUT2D eigenvalue weighted by molar-refractivity contribution is -0.253. The van der Waals surface area contributed by atoms with Crippen LogP contribution in [0.4, 0.5) is 17.6 Å². The number of aliphatic hydroxyl groups excluding tert-OH is 1. The van der Waals surface area contributed by atoms with Crippen molar-refractivity contribution in [2.75, 3.05) is 0 Å². The summed E-state index contributed by atoms with van der Waals surface area (Å²) in [5, 5.41) is 14.1. The van der Waals surface area contributed by atoms with Gasteiger partial charge in [-0.25, -0.2) is 0 Å². The number of alkyl halides is 4. The molecule has 0 radical (unpaired) electrons. The Balaban J connectivity index is 1.64. The van der Waals surface area contributed by atoms with Crippen LogP contribution in [-0.2, 0) is 12.8 Å². The zero-order chi connectivity index (χ0) is 28.9. The number of hydrogen-bond acceptors (Lipinski definition) is 4. The number of ether oxygens (including phenoxy) is 1.